The van der Waals surface area contributed by atoms with Crippen LogP contribution in [0.1, 0.15) is 13.8 Å². The van der Waals surface area contributed by atoms with E-state index in [1.54, 1.807) is 13.8 Å². The predicted octanol–water partition coefficient (Wildman–Crippen LogP) is 1.59. The summed E-state index contributed by atoms with van der Waals surface area (Å²) in [6, 6.07) is 2.29. The Bertz CT molecular complexity index is 477. The van der Waals surface area contributed by atoms with Gasteiger partial charge in [0.1, 0.15) is 11.7 Å². The van der Waals surface area contributed by atoms with Crippen molar-refractivity contribution in [2.24, 2.45) is 5.92 Å². The Morgan fingerprint density at radius 2 is 1.90 bits per heavy atom. The van der Waals surface area contributed by atoms with E-state index in [2.05, 4.69) is 5.32 Å². The molecule has 0 amide bonds. The van der Waals surface area contributed by atoms with Gasteiger partial charge in [0.2, 0.25) is 0 Å². The average molecular weight is 285 g/mol. The van der Waals surface area contributed by atoms with E-state index in [9.17, 15) is 15.2 Å². The molecule has 0 aliphatic rings. The standard InChI is InChI=1S/C11H15N3O6/c1-6(2)10(11(15)16)12-8-4-3-7(13(17)18)5-9(8)14(19)20/h3-6,10,12,19-20H,1-2H3,(H,15,16)/q-2. The van der Waals surface area contributed by atoms with Crippen LogP contribution in [0.4, 0.5) is 17.1 Å². The molecule has 0 radical (unpaired) electrons. The van der Waals surface area contributed by atoms with Crippen LogP contribution >= 0.6 is 0 Å². The Morgan fingerprint density at radius 1 is 1.30 bits per heavy atom. The molecule has 0 saturated carbocycles. The van der Waals surface area contributed by atoms with Gasteiger partial charge in [0.05, 0.1) is 5.69 Å². The highest BCUT2D eigenvalue weighted by atomic mass is 16.8. The van der Waals surface area contributed by atoms with Crippen LogP contribution in [0.2, 0.25) is 0 Å². The number of hydrogen-bond acceptors (Lipinski definition) is 8. The van der Waals surface area contributed by atoms with Crippen molar-refractivity contribution in [2.75, 3.05) is 15.8 Å². The minimum absolute atomic E-state index is 0.0571. The second kappa shape index (κ2) is 6.39. The fourth-order valence-electron chi connectivity index (χ4n) is 1.60. The topological polar surface area (TPSA) is 142 Å². The van der Waals surface area contributed by atoms with E-state index >= 15 is 0 Å². The molecule has 0 aliphatic carbocycles. The number of hydrogen-bond donors (Lipinski definition) is 4. The van der Waals surface area contributed by atoms with Gasteiger partial charge in [-0.1, -0.05) is 13.8 Å². The first kappa shape index (κ1) is 16.0. The largest absolute Gasteiger partial charge is 0.769 e. The summed E-state index contributed by atoms with van der Waals surface area (Å²) in [6.07, 6.45) is 0. The second-order valence-corrected chi connectivity index (χ2v) is 4.45. The molecule has 4 N–H and O–H groups in total. The maximum atomic E-state index is 11.1. The molecule has 20 heavy (non-hydrogen) atoms. The number of aliphatic carboxylic acids is 1. The van der Waals surface area contributed by atoms with Gasteiger partial charge in [-0.25, -0.2) is 4.79 Å². The van der Waals surface area contributed by atoms with E-state index in [4.69, 9.17) is 15.5 Å². The summed E-state index contributed by atoms with van der Waals surface area (Å²) in [4.78, 5) is 11.1. The van der Waals surface area contributed by atoms with Crippen LogP contribution in [0.5, 0.6) is 0 Å². The molecule has 9 nitrogen and oxygen atoms in total. The Hall–Kier alpha value is -2.07. The lowest BCUT2D eigenvalue weighted by Gasteiger charge is -2.38. The number of nitrogens with zero attached hydrogens (tertiary/aromatic N) is 2. The molecular formula is C11H15N3O6-2. The summed E-state index contributed by atoms with van der Waals surface area (Å²) in [5, 5.41) is 50.1. The Labute approximate surface area is 114 Å². The van der Waals surface area contributed by atoms with Gasteiger partial charge in [-0.3, -0.25) is 10.4 Å². The van der Waals surface area contributed by atoms with Crippen LogP contribution in [0, 0.1) is 16.3 Å². The van der Waals surface area contributed by atoms with Crippen LogP contribution in [0.15, 0.2) is 18.2 Å². The number of carbonyl (C=O) groups is 1. The molecule has 1 rings (SSSR count). The van der Waals surface area contributed by atoms with E-state index in [1.807, 2.05) is 0 Å². The van der Waals surface area contributed by atoms with Gasteiger partial charge in [-0.15, -0.1) is 5.23 Å². The SMILES string of the molecule is CC(C)C(Nc1ccc(N([O-])[O-])cc1N(O)O)C(=O)O. The van der Waals surface area contributed by atoms with Gasteiger partial charge in [-0.05, 0) is 24.1 Å². The van der Waals surface area contributed by atoms with E-state index in [-0.39, 0.29) is 28.2 Å². The Kier molecular flexibility index (Phi) is 5.11. The first-order valence-corrected chi connectivity index (χ1v) is 5.69. The van der Waals surface area contributed by atoms with Crippen molar-refractivity contribution in [3.8, 4) is 0 Å². The highest BCUT2D eigenvalue weighted by Crippen LogP contribution is 2.30. The summed E-state index contributed by atoms with van der Waals surface area (Å²) in [6.45, 7) is 3.35. The van der Waals surface area contributed by atoms with Gasteiger partial charge in [0.25, 0.3) is 0 Å². The van der Waals surface area contributed by atoms with Crippen LogP contribution in [0.3, 0.4) is 0 Å². The first-order valence-electron chi connectivity index (χ1n) is 5.69. The average Bonchev–Trinajstić information content (AvgIpc) is 2.34. The number of carboxylic acid groups (broad SMARTS) is 1. The van der Waals surface area contributed by atoms with Crippen molar-refractivity contribution in [2.45, 2.75) is 19.9 Å². The third kappa shape index (κ3) is 3.71. The van der Waals surface area contributed by atoms with E-state index in [0.29, 0.717) is 0 Å². The predicted molar refractivity (Wildman–Crippen MR) is 71.6 cm³/mol. The van der Waals surface area contributed by atoms with Gasteiger partial charge in [-0.2, -0.15) is 0 Å². The first-order chi connectivity index (χ1) is 9.23. The molecule has 0 aliphatic heterocycles. The summed E-state index contributed by atoms with van der Waals surface area (Å²) in [5.41, 5.74) is -0.608. The highest BCUT2D eigenvalue weighted by molar-refractivity contribution is 5.81. The van der Waals surface area contributed by atoms with Crippen LogP contribution < -0.4 is 15.8 Å². The molecule has 0 aromatic heterocycles. The molecule has 0 spiro atoms. The lowest BCUT2D eigenvalue weighted by atomic mass is 10.0. The molecule has 1 unspecified atom stereocenters. The van der Waals surface area contributed by atoms with Crippen molar-refractivity contribution in [1.82, 2.24) is 0 Å². The summed E-state index contributed by atoms with van der Waals surface area (Å²) < 4.78 is 0. The van der Waals surface area contributed by atoms with Gasteiger partial charge in [0.15, 0.2) is 0 Å². The van der Waals surface area contributed by atoms with Crippen LogP contribution in [-0.2, 0) is 4.79 Å². The highest BCUT2D eigenvalue weighted by Gasteiger charge is 2.23. The fraction of sp³-hybridized carbons (Fsp3) is 0.364. The molecule has 1 atom stereocenters. The molecule has 1 aromatic rings. The molecule has 112 valence electrons. The van der Waals surface area contributed by atoms with Gasteiger partial charge in [0, 0.05) is 5.69 Å². The smallest absolute Gasteiger partial charge is 0.326 e. The maximum Gasteiger partial charge on any atom is 0.326 e. The molecule has 0 heterocycles. The minimum Gasteiger partial charge on any atom is -0.769 e. The minimum atomic E-state index is -1.12. The van der Waals surface area contributed by atoms with Gasteiger partial charge >= 0.3 is 5.97 Å². The van der Waals surface area contributed by atoms with E-state index in [0.717, 1.165) is 12.1 Å². The van der Waals surface area contributed by atoms with Crippen LogP contribution in [0.25, 0.3) is 0 Å². The van der Waals surface area contributed by atoms with Crippen LogP contribution in [-0.4, -0.2) is 27.5 Å². The quantitative estimate of drug-likeness (QED) is 0.573. The summed E-state index contributed by atoms with van der Waals surface area (Å²) >= 11 is 0. The number of benzene rings is 1. The van der Waals surface area contributed by atoms with Crippen molar-refractivity contribution < 1.29 is 20.3 Å². The number of nitrogens with one attached hydrogen (secondary N) is 1. The molecule has 0 bridgehead atoms. The monoisotopic (exact) mass is 285 g/mol. The molecule has 1 aromatic carbocycles. The van der Waals surface area contributed by atoms with Gasteiger partial charge < -0.3 is 26.1 Å². The number of anilines is 3. The lowest BCUT2D eigenvalue weighted by Crippen LogP contribution is -2.34. The van der Waals surface area contributed by atoms with E-state index < -0.39 is 17.2 Å². The maximum absolute atomic E-state index is 11.1. The molecule has 9 heteroatoms. The molecular weight excluding hydrogens is 270 g/mol. The molecule has 0 fully saturated rings. The third-order valence-corrected chi connectivity index (χ3v) is 2.65. The lowest BCUT2D eigenvalue weighted by molar-refractivity contribution is -0.138. The Morgan fingerprint density at radius 3 is 2.30 bits per heavy atom. The zero-order valence-electron chi connectivity index (χ0n) is 10.8. The summed E-state index contributed by atoms with van der Waals surface area (Å²) in [5.74, 6) is -1.40. The number of rotatable bonds is 6. The normalized spacial score (nSPS) is 12.2. The third-order valence-electron chi connectivity index (χ3n) is 2.65. The zero-order chi connectivity index (χ0) is 15.4. The number of carboxylic acids is 1. The van der Waals surface area contributed by atoms with Crippen molar-refractivity contribution in [1.29, 1.82) is 0 Å². The zero-order valence-corrected chi connectivity index (χ0v) is 10.8. The summed E-state index contributed by atoms with van der Waals surface area (Å²) in [7, 11) is 0. The van der Waals surface area contributed by atoms with Crippen molar-refractivity contribution in [3.05, 3.63) is 28.6 Å². The van der Waals surface area contributed by atoms with E-state index in [1.165, 1.54) is 6.07 Å². The fourth-order valence-corrected chi connectivity index (χ4v) is 1.60. The molecule has 0 saturated heterocycles. The Balaban J connectivity index is 3.14. The van der Waals surface area contributed by atoms with Crippen molar-refractivity contribution >= 4 is 23.0 Å². The second-order valence-electron chi connectivity index (χ2n) is 4.45. The van der Waals surface area contributed by atoms with Crippen molar-refractivity contribution in [3.63, 3.8) is 0 Å².